The second kappa shape index (κ2) is 4.78. The van der Waals surface area contributed by atoms with Gasteiger partial charge < -0.3 is 10.6 Å². The molecule has 1 aromatic heterocycles. The van der Waals surface area contributed by atoms with E-state index in [0.29, 0.717) is 6.54 Å². The van der Waals surface area contributed by atoms with Gasteiger partial charge in [0, 0.05) is 25.2 Å². The molecule has 16 heavy (non-hydrogen) atoms. The summed E-state index contributed by atoms with van der Waals surface area (Å²) >= 11 is 0. The predicted octanol–water partition coefficient (Wildman–Crippen LogP) is 1.42. The zero-order chi connectivity index (χ0) is 11.5. The van der Waals surface area contributed by atoms with Crippen molar-refractivity contribution in [1.82, 2.24) is 10.2 Å². The van der Waals surface area contributed by atoms with Crippen molar-refractivity contribution in [3.63, 3.8) is 0 Å². The van der Waals surface area contributed by atoms with Crippen molar-refractivity contribution in [2.45, 2.75) is 26.8 Å². The molecule has 88 valence electrons. The number of hydrogen-bond donors (Lipinski definition) is 1. The molecule has 0 radical (unpaired) electrons. The fourth-order valence-corrected chi connectivity index (χ4v) is 2.30. The first-order chi connectivity index (χ1) is 7.72. The van der Waals surface area contributed by atoms with Crippen LogP contribution in [0.4, 0.5) is 5.82 Å². The molecule has 1 unspecified atom stereocenters. The molecule has 0 bridgehead atoms. The van der Waals surface area contributed by atoms with Gasteiger partial charge >= 0.3 is 0 Å². The highest BCUT2D eigenvalue weighted by Crippen LogP contribution is 2.28. The van der Waals surface area contributed by atoms with Crippen LogP contribution in [0.1, 0.15) is 25.8 Å². The van der Waals surface area contributed by atoms with Crippen molar-refractivity contribution >= 4 is 5.82 Å². The summed E-state index contributed by atoms with van der Waals surface area (Å²) in [7, 11) is 0. The first-order valence-electron chi connectivity index (χ1n) is 5.98. The molecule has 1 aliphatic heterocycles. The van der Waals surface area contributed by atoms with E-state index in [1.807, 2.05) is 6.07 Å². The smallest absolute Gasteiger partial charge is 0.155 e. The zero-order valence-corrected chi connectivity index (χ0v) is 10.1. The Labute approximate surface area is 96.9 Å². The van der Waals surface area contributed by atoms with Gasteiger partial charge in [-0.25, -0.2) is 0 Å². The van der Waals surface area contributed by atoms with Crippen LogP contribution < -0.4 is 10.6 Å². The molecule has 4 heteroatoms. The van der Waals surface area contributed by atoms with E-state index in [1.54, 1.807) is 6.20 Å². The molecule has 1 fully saturated rings. The van der Waals surface area contributed by atoms with Crippen molar-refractivity contribution in [1.29, 1.82) is 0 Å². The summed E-state index contributed by atoms with van der Waals surface area (Å²) in [6, 6.07) is 1.96. The maximum Gasteiger partial charge on any atom is 0.155 e. The lowest BCUT2D eigenvalue weighted by molar-refractivity contribution is 0.422. The van der Waals surface area contributed by atoms with Gasteiger partial charge in [0.2, 0.25) is 0 Å². The van der Waals surface area contributed by atoms with Crippen molar-refractivity contribution in [3.05, 3.63) is 17.8 Å². The second-order valence-corrected chi connectivity index (χ2v) is 4.82. The third-order valence-electron chi connectivity index (χ3n) is 3.47. The highest BCUT2D eigenvalue weighted by atomic mass is 15.3. The predicted molar refractivity (Wildman–Crippen MR) is 65.1 cm³/mol. The van der Waals surface area contributed by atoms with Gasteiger partial charge in [-0.15, -0.1) is 5.10 Å². The highest BCUT2D eigenvalue weighted by Gasteiger charge is 2.26. The number of hydrogen-bond acceptors (Lipinski definition) is 4. The number of aromatic nitrogens is 2. The van der Waals surface area contributed by atoms with E-state index in [0.717, 1.165) is 36.3 Å². The molecule has 2 rings (SSSR count). The van der Waals surface area contributed by atoms with E-state index in [9.17, 15) is 0 Å². The van der Waals surface area contributed by atoms with Gasteiger partial charge in [0.15, 0.2) is 5.82 Å². The lowest BCUT2D eigenvalue weighted by Gasteiger charge is -2.20. The Kier molecular flexibility index (Phi) is 3.39. The third-order valence-corrected chi connectivity index (χ3v) is 3.47. The van der Waals surface area contributed by atoms with Gasteiger partial charge in [-0.1, -0.05) is 13.8 Å². The molecule has 0 amide bonds. The number of rotatable bonds is 3. The molecular weight excluding hydrogens is 200 g/mol. The lowest BCUT2D eigenvalue weighted by Crippen LogP contribution is -2.24. The molecule has 1 aromatic rings. The summed E-state index contributed by atoms with van der Waals surface area (Å²) in [5.74, 6) is 2.49. The maximum atomic E-state index is 5.72. The standard InChI is InChI=1S/C12H20N4/c1-9(2)11-4-6-16(8-11)12-10(7-13)3-5-14-15-12/h3,5,9,11H,4,6-8,13H2,1-2H3. The third kappa shape index (κ3) is 2.16. The lowest BCUT2D eigenvalue weighted by atomic mass is 9.95. The van der Waals surface area contributed by atoms with Gasteiger partial charge in [0.25, 0.3) is 0 Å². The van der Waals surface area contributed by atoms with Crippen LogP contribution in [0.2, 0.25) is 0 Å². The summed E-state index contributed by atoms with van der Waals surface area (Å²) in [5, 5.41) is 8.18. The first kappa shape index (κ1) is 11.3. The van der Waals surface area contributed by atoms with E-state index in [1.165, 1.54) is 6.42 Å². The fraction of sp³-hybridized carbons (Fsp3) is 0.667. The van der Waals surface area contributed by atoms with E-state index < -0.39 is 0 Å². The minimum atomic E-state index is 0.535. The number of anilines is 1. The maximum absolute atomic E-state index is 5.72. The summed E-state index contributed by atoms with van der Waals surface area (Å²) in [5.41, 5.74) is 6.81. The van der Waals surface area contributed by atoms with Crippen LogP contribution in [0.5, 0.6) is 0 Å². The molecule has 2 N–H and O–H groups in total. The van der Waals surface area contributed by atoms with Gasteiger partial charge in [0.1, 0.15) is 0 Å². The SMILES string of the molecule is CC(C)C1CCN(c2nnccc2CN)C1. The molecule has 0 saturated carbocycles. The summed E-state index contributed by atoms with van der Waals surface area (Å²) < 4.78 is 0. The quantitative estimate of drug-likeness (QED) is 0.837. The molecule has 1 saturated heterocycles. The fourth-order valence-electron chi connectivity index (χ4n) is 2.30. The van der Waals surface area contributed by atoms with E-state index in [2.05, 4.69) is 28.9 Å². The van der Waals surface area contributed by atoms with Gasteiger partial charge in [0.05, 0.1) is 6.20 Å². The Morgan fingerprint density at radius 3 is 3.00 bits per heavy atom. The largest absolute Gasteiger partial charge is 0.355 e. The van der Waals surface area contributed by atoms with Crippen molar-refractivity contribution in [2.24, 2.45) is 17.6 Å². The molecule has 0 spiro atoms. The highest BCUT2D eigenvalue weighted by molar-refractivity contribution is 5.46. The van der Waals surface area contributed by atoms with Crippen LogP contribution in [-0.4, -0.2) is 23.3 Å². The van der Waals surface area contributed by atoms with Crippen molar-refractivity contribution in [3.8, 4) is 0 Å². The minimum Gasteiger partial charge on any atom is -0.355 e. The summed E-state index contributed by atoms with van der Waals surface area (Å²) in [6.45, 7) is 7.27. The van der Waals surface area contributed by atoms with Crippen molar-refractivity contribution < 1.29 is 0 Å². The number of nitrogens with zero attached hydrogens (tertiary/aromatic N) is 3. The Balaban J connectivity index is 2.14. The van der Waals surface area contributed by atoms with Crippen LogP contribution in [0.15, 0.2) is 12.3 Å². The monoisotopic (exact) mass is 220 g/mol. The molecule has 0 aromatic carbocycles. The summed E-state index contributed by atoms with van der Waals surface area (Å²) in [4.78, 5) is 2.32. The second-order valence-electron chi connectivity index (χ2n) is 4.82. The first-order valence-corrected chi connectivity index (χ1v) is 5.98. The Hall–Kier alpha value is -1.16. The summed E-state index contributed by atoms with van der Waals surface area (Å²) in [6.07, 6.45) is 2.96. The van der Waals surface area contributed by atoms with Crippen LogP contribution in [-0.2, 0) is 6.54 Å². The van der Waals surface area contributed by atoms with Crippen LogP contribution in [0.25, 0.3) is 0 Å². The topological polar surface area (TPSA) is 55.0 Å². The molecule has 4 nitrogen and oxygen atoms in total. The van der Waals surface area contributed by atoms with Gasteiger partial charge in [-0.2, -0.15) is 5.10 Å². The number of nitrogens with two attached hydrogens (primary N) is 1. The Bertz CT molecular complexity index is 351. The van der Waals surface area contributed by atoms with Gasteiger partial charge in [-0.05, 0) is 24.3 Å². The molecule has 1 atom stereocenters. The molecule has 1 aliphatic rings. The van der Waals surface area contributed by atoms with E-state index in [-0.39, 0.29) is 0 Å². The average Bonchev–Trinajstić information content (AvgIpc) is 2.78. The zero-order valence-electron chi connectivity index (χ0n) is 10.1. The molecular formula is C12H20N4. The molecule has 0 aliphatic carbocycles. The van der Waals surface area contributed by atoms with Gasteiger partial charge in [-0.3, -0.25) is 0 Å². The van der Waals surface area contributed by atoms with Crippen LogP contribution in [0.3, 0.4) is 0 Å². The van der Waals surface area contributed by atoms with Crippen molar-refractivity contribution in [2.75, 3.05) is 18.0 Å². The minimum absolute atomic E-state index is 0.535. The van der Waals surface area contributed by atoms with Crippen LogP contribution in [0, 0.1) is 11.8 Å². The Morgan fingerprint density at radius 1 is 1.56 bits per heavy atom. The Morgan fingerprint density at radius 2 is 2.38 bits per heavy atom. The van der Waals surface area contributed by atoms with Crippen LogP contribution >= 0.6 is 0 Å². The average molecular weight is 220 g/mol. The normalized spacial score (nSPS) is 20.8. The van der Waals surface area contributed by atoms with E-state index >= 15 is 0 Å². The van der Waals surface area contributed by atoms with E-state index in [4.69, 9.17) is 5.73 Å². The molecule has 2 heterocycles.